The van der Waals surface area contributed by atoms with E-state index >= 15 is 0 Å². The van der Waals surface area contributed by atoms with Crippen molar-refractivity contribution in [3.05, 3.63) is 12.7 Å². The van der Waals surface area contributed by atoms with Crippen molar-refractivity contribution in [2.45, 2.75) is 6.18 Å². The molecule has 0 fully saturated rings. The second-order valence-corrected chi connectivity index (χ2v) is 1.97. The first-order chi connectivity index (χ1) is 4.89. The largest absolute Gasteiger partial charge is 0.471 e. The number of alkyl halides is 3. The molecule has 0 aromatic carbocycles. The van der Waals surface area contributed by atoms with E-state index in [9.17, 15) is 18.0 Å². The van der Waals surface area contributed by atoms with Gasteiger partial charge in [-0.3, -0.25) is 4.79 Å². The smallest absolute Gasteiger partial charge is 0.334 e. The quantitative estimate of drug-likeness (QED) is 0.566. The minimum absolute atomic E-state index is 0.0989. The highest BCUT2D eigenvalue weighted by molar-refractivity contribution is 5.81. The van der Waals surface area contributed by atoms with Crippen molar-refractivity contribution in [1.82, 2.24) is 4.90 Å². The van der Waals surface area contributed by atoms with E-state index in [0.717, 1.165) is 7.05 Å². The Balaban J connectivity index is 4.13. The summed E-state index contributed by atoms with van der Waals surface area (Å²) in [5, 5.41) is 0. The predicted octanol–water partition coefficient (Wildman–Crippen LogP) is 1.19. The molecule has 0 spiro atoms. The van der Waals surface area contributed by atoms with E-state index in [0.29, 0.717) is 4.90 Å². The lowest BCUT2D eigenvalue weighted by Crippen LogP contribution is -2.38. The molecule has 5 heteroatoms. The number of halogens is 3. The second-order valence-electron chi connectivity index (χ2n) is 1.97. The molecule has 2 nitrogen and oxygen atoms in total. The van der Waals surface area contributed by atoms with Gasteiger partial charge < -0.3 is 4.90 Å². The summed E-state index contributed by atoms with van der Waals surface area (Å²) in [7, 11) is 1.07. The lowest BCUT2D eigenvalue weighted by molar-refractivity contribution is -0.183. The summed E-state index contributed by atoms with van der Waals surface area (Å²) in [6.07, 6.45) is -3.55. The first-order valence-corrected chi connectivity index (χ1v) is 2.82. The molecular weight excluding hydrogens is 159 g/mol. The summed E-state index contributed by atoms with van der Waals surface area (Å²) < 4.78 is 34.8. The molecular formula is C6H8F3NO. The molecule has 0 atom stereocenters. The van der Waals surface area contributed by atoms with Crippen LogP contribution < -0.4 is 0 Å². The molecule has 0 N–H and O–H groups in total. The van der Waals surface area contributed by atoms with Gasteiger partial charge in [-0.05, 0) is 0 Å². The minimum atomic E-state index is -4.78. The Labute approximate surface area is 62.3 Å². The average molecular weight is 167 g/mol. The predicted molar refractivity (Wildman–Crippen MR) is 33.9 cm³/mol. The molecule has 0 aromatic rings. The third kappa shape index (κ3) is 3.06. The standard InChI is InChI=1S/C6H8F3NO/c1-3-4-10(2)5(11)6(7,8)9/h3H,1,4H2,2H3. The molecule has 0 heterocycles. The van der Waals surface area contributed by atoms with Gasteiger partial charge in [0.1, 0.15) is 0 Å². The topological polar surface area (TPSA) is 20.3 Å². The Morgan fingerprint density at radius 1 is 1.64 bits per heavy atom. The fourth-order valence-electron chi connectivity index (χ4n) is 0.493. The van der Waals surface area contributed by atoms with Gasteiger partial charge >= 0.3 is 12.1 Å². The average Bonchev–Trinajstić information content (AvgIpc) is 1.85. The zero-order valence-corrected chi connectivity index (χ0v) is 5.98. The first kappa shape index (κ1) is 10.0. The molecule has 0 aliphatic heterocycles. The number of rotatable bonds is 2. The van der Waals surface area contributed by atoms with Crippen molar-refractivity contribution in [1.29, 1.82) is 0 Å². The molecule has 64 valence electrons. The highest BCUT2D eigenvalue weighted by Crippen LogP contribution is 2.17. The lowest BCUT2D eigenvalue weighted by atomic mass is 10.5. The molecule has 0 unspecified atom stereocenters. The first-order valence-electron chi connectivity index (χ1n) is 2.82. The molecule has 1 amide bonds. The second kappa shape index (κ2) is 3.41. The number of hydrogen-bond acceptors (Lipinski definition) is 1. The van der Waals surface area contributed by atoms with Crippen molar-refractivity contribution in [2.24, 2.45) is 0 Å². The molecule has 0 saturated heterocycles. The summed E-state index contributed by atoms with van der Waals surface area (Å²) in [5.74, 6) is -1.85. The number of carbonyl (C=O) groups excluding carboxylic acids is 1. The Morgan fingerprint density at radius 3 is 2.36 bits per heavy atom. The number of carbonyl (C=O) groups is 1. The summed E-state index contributed by atoms with van der Waals surface area (Å²) in [6.45, 7) is 3.11. The Kier molecular flexibility index (Phi) is 3.10. The summed E-state index contributed by atoms with van der Waals surface area (Å²) in [6, 6.07) is 0. The van der Waals surface area contributed by atoms with Gasteiger partial charge in [0.2, 0.25) is 0 Å². The van der Waals surface area contributed by atoms with Gasteiger partial charge in [0.25, 0.3) is 0 Å². The van der Waals surface area contributed by atoms with E-state index in [2.05, 4.69) is 6.58 Å². The zero-order valence-electron chi connectivity index (χ0n) is 5.98. The van der Waals surface area contributed by atoms with Gasteiger partial charge in [-0.1, -0.05) is 6.08 Å². The van der Waals surface area contributed by atoms with Crippen LogP contribution in [0.15, 0.2) is 12.7 Å². The van der Waals surface area contributed by atoms with Crippen LogP contribution in [0.25, 0.3) is 0 Å². The number of likely N-dealkylation sites (N-methyl/N-ethyl adjacent to an activating group) is 1. The van der Waals surface area contributed by atoms with Crippen LogP contribution in [0.5, 0.6) is 0 Å². The minimum Gasteiger partial charge on any atom is -0.334 e. The van der Waals surface area contributed by atoms with E-state index in [4.69, 9.17) is 0 Å². The van der Waals surface area contributed by atoms with Gasteiger partial charge in [-0.2, -0.15) is 13.2 Å². The van der Waals surface area contributed by atoms with Crippen molar-refractivity contribution in [3.8, 4) is 0 Å². The Morgan fingerprint density at radius 2 is 2.09 bits per heavy atom. The van der Waals surface area contributed by atoms with Crippen molar-refractivity contribution < 1.29 is 18.0 Å². The van der Waals surface area contributed by atoms with Gasteiger partial charge in [0.15, 0.2) is 0 Å². The lowest BCUT2D eigenvalue weighted by Gasteiger charge is -2.15. The van der Waals surface area contributed by atoms with Crippen LogP contribution >= 0.6 is 0 Å². The third-order valence-electron chi connectivity index (χ3n) is 0.992. The van der Waals surface area contributed by atoms with Crippen LogP contribution in [0, 0.1) is 0 Å². The van der Waals surface area contributed by atoms with Crippen LogP contribution in [0.4, 0.5) is 13.2 Å². The summed E-state index contributed by atoms with van der Waals surface area (Å²) in [4.78, 5) is 10.9. The maximum atomic E-state index is 11.6. The van der Waals surface area contributed by atoms with E-state index in [1.165, 1.54) is 6.08 Å². The molecule has 0 saturated carbocycles. The van der Waals surface area contributed by atoms with Crippen LogP contribution in [-0.4, -0.2) is 30.6 Å². The fraction of sp³-hybridized carbons (Fsp3) is 0.500. The molecule has 0 radical (unpaired) electrons. The van der Waals surface area contributed by atoms with Crippen molar-refractivity contribution >= 4 is 5.91 Å². The maximum absolute atomic E-state index is 11.6. The Hall–Kier alpha value is -1.00. The van der Waals surface area contributed by atoms with Gasteiger partial charge in [0, 0.05) is 13.6 Å². The van der Waals surface area contributed by atoms with E-state index in [-0.39, 0.29) is 6.54 Å². The SMILES string of the molecule is C=CCN(C)C(=O)C(F)(F)F. The highest BCUT2D eigenvalue weighted by atomic mass is 19.4. The monoisotopic (exact) mass is 167 g/mol. The van der Waals surface area contributed by atoms with Crippen LogP contribution in [0.2, 0.25) is 0 Å². The van der Waals surface area contributed by atoms with E-state index in [1.807, 2.05) is 0 Å². The molecule has 0 rings (SSSR count). The fourth-order valence-corrected chi connectivity index (χ4v) is 0.493. The highest BCUT2D eigenvalue weighted by Gasteiger charge is 2.40. The number of hydrogen-bond donors (Lipinski definition) is 0. The molecule has 0 bridgehead atoms. The molecule has 0 aromatic heterocycles. The maximum Gasteiger partial charge on any atom is 0.471 e. The van der Waals surface area contributed by atoms with Gasteiger partial charge in [-0.25, -0.2) is 0 Å². The number of amides is 1. The van der Waals surface area contributed by atoms with Crippen LogP contribution in [-0.2, 0) is 4.79 Å². The number of nitrogens with zero attached hydrogens (tertiary/aromatic N) is 1. The van der Waals surface area contributed by atoms with Crippen molar-refractivity contribution in [2.75, 3.05) is 13.6 Å². The molecule has 0 aliphatic rings. The van der Waals surface area contributed by atoms with E-state index in [1.54, 1.807) is 0 Å². The zero-order chi connectivity index (χ0) is 9.07. The normalized spacial score (nSPS) is 10.9. The molecule has 11 heavy (non-hydrogen) atoms. The summed E-state index contributed by atoms with van der Waals surface area (Å²) >= 11 is 0. The molecule has 0 aliphatic carbocycles. The van der Waals surface area contributed by atoms with Gasteiger partial charge in [0.05, 0.1) is 0 Å². The Bertz CT molecular complexity index is 164. The third-order valence-corrected chi connectivity index (χ3v) is 0.992. The van der Waals surface area contributed by atoms with Gasteiger partial charge in [-0.15, -0.1) is 6.58 Å². The van der Waals surface area contributed by atoms with Crippen molar-refractivity contribution in [3.63, 3.8) is 0 Å². The van der Waals surface area contributed by atoms with Crippen LogP contribution in [0.1, 0.15) is 0 Å². The van der Waals surface area contributed by atoms with E-state index < -0.39 is 12.1 Å². The van der Waals surface area contributed by atoms with Crippen LogP contribution in [0.3, 0.4) is 0 Å². The summed E-state index contributed by atoms with van der Waals surface area (Å²) in [5.41, 5.74) is 0.